The van der Waals surface area contributed by atoms with E-state index in [1.165, 1.54) is 18.8 Å². The summed E-state index contributed by atoms with van der Waals surface area (Å²) in [6.45, 7) is 4.11. The van der Waals surface area contributed by atoms with Gasteiger partial charge in [-0.25, -0.2) is 23.4 Å². The van der Waals surface area contributed by atoms with Gasteiger partial charge in [-0.1, -0.05) is 29.1 Å². The number of thioether (sulfide) groups is 1. The number of carboxylic acid groups (broad SMARTS) is 2. The van der Waals surface area contributed by atoms with Gasteiger partial charge in [0.15, 0.2) is 13.5 Å². The zero-order valence-corrected chi connectivity index (χ0v) is 35.7. The number of aromatic nitrogens is 2. The normalized spacial score (nSPS) is 17.0. The summed E-state index contributed by atoms with van der Waals surface area (Å²) in [6.07, 6.45) is 9.34. The van der Waals surface area contributed by atoms with Crippen LogP contribution in [-0.4, -0.2) is 78.9 Å². The van der Waals surface area contributed by atoms with Crippen LogP contribution in [0.5, 0.6) is 5.75 Å². The van der Waals surface area contributed by atoms with Crippen molar-refractivity contribution in [3.05, 3.63) is 71.6 Å². The Morgan fingerprint density at radius 1 is 1.02 bits per heavy atom. The van der Waals surface area contributed by atoms with Crippen molar-refractivity contribution in [1.29, 1.82) is 0 Å². The van der Waals surface area contributed by atoms with Crippen LogP contribution in [0, 0.1) is 24.0 Å². The highest BCUT2D eigenvalue weighted by Crippen LogP contribution is 2.40. The van der Waals surface area contributed by atoms with Gasteiger partial charge in [-0.05, 0) is 81.4 Å². The Balaban J connectivity index is 0.000000210. The van der Waals surface area contributed by atoms with Gasteiger partial charge >= 0.3 is 16.8 Å². The Bertz CT molecular complexity index is 2360. The lowest BCUT2D eigenvalue weighted by Crippen LogP contribution is -2.32. The molecule has 3 atom stereocenters. The number of amides is 2. The van der Waals surface area contributed by atoms with Crippen molar-refractivity contribution >= 4 is 88.8 Å². The Kier molecular flexibility index (Phi) is 16.7. The Morgan fingerprint density at radius 2 is 1.61 bits per heavy atom. The van der Waals surface area contributed by atoms with Crippen molar-refractivity contribution in [2.24, 2.45) is 10.7 Å². The van der Waals surface area contributed by atoms with Crippen LogP contribution in [0.3, 0.4) is 0 Å². The SMILES string of the molecule is C#CC(C)Oc1cc(N2C(=O)C3=C(CCCC3)C2=O)c(F)cc1Cl.CP(=O)(O)CCC(N)C(=O)O.O=C(O)CSc1cc(N=c2sc(=O)n3n2CCCC3)c(F)cc1Cl. The molecule has 3 aliphatic rings. The van der Waals surface area contributed by atoms with E-state index >= 15 is 0 Å². The van der Waals surface area contributed by atoms with Crippen molar-refractivity contribution in [2.45, 2.75) is 82.0 Å². The van der Waals surface area contributed by atoms with Crippen molar-refractivity contribution in [3.63, 3.8) is 0 Å². The van der Waals surface area contributed by atoms with Gasteiger partial charge in [0.1, 0.15) is 29.1 Å². The van der Waals surface area contributed by atoms with Crippen LogP contribution >= 0.6 is 53.7 Å². The number of anilines is 1. The molecule has 3 unspecified atom stereocenters. The van der Waals surface area contributed by atoms with Gasteiger partial charge in [0.2, 0.25) is 4.80 Å². The van der Waals surface area contributed by atoms with E-state index in [0.717, 1.165) is 65.8 Å². The van der Waals surface area contributed by atoms with E-state index in [0.29, 0.717) is 46.8 Å². The minimum atomic E-state index is -3.10. The molecule has 0 saturated carbocycles. The summed E-state index contributed by atoms with van der Waals surface area (Å²) in [5.41, 5.74) is 5.94. The predicted molar refractivity (Wildman–Crippen MR) is 220 cm³/mol. The number of carbonyl (C=O) groups excluding carboxylic acids is 2. The van der Waals surface area contributed by atoms with Crippen LogP contribution in [0.4, 0.5) is 20.2 Å². The number of halogens is 4. The molecule has 15 nitrogen and oxygen atoms in total. The Labute approximate surface area is 354 Å². The number of ether oxygens (including phenoxy) is 1. The van der Waals surface area contributed by atoms with Crippen molar-refractivity contribution in [1.82, 2.24) is 9.36 Å². The van der Waals surface area contributed by atoms with Crippen molar-refractivity contribution < 1.29 is 52.4 Å². The van der Waals surface area contributed by atoms with Gasteiger partial charge in [-0.15, -0.1) is 18.2 Å². The molecule has 22 heteroatoms. The molecular weight excluding hydrogens is 878 g/mol. The lowest BCUT2D eigenvalue weighted by atomic mass is 9.93. The molecule has 2 aromatic carbocycles. The molecule has 0 saturated heterocycles. The third kappa shape index (κ3) is 12.6. The van der Waals surface area contributed by atoms with Gasteiger partial charge in [0.25, 0.3) is 11.8 Å². The summed E-state index contributed by atoms with van der Waals surface area (Å²) in [7, 11) is -3.10. The number of benzene rings is 2. The van der Waals surface area contributed by atoms with Gasteiger partial charge in [-0.2, -0.15) is 0 Å². The number of terminal acetylenes is 1. The van der Waals surface area contributed by atoms with Crippen LogP contribution < -0.4 is 25.0 Å². The highest BCUT2D eigenvalue weighted by Gasteiger charge is 2.41. The third-order valence-corrected chi connectivity index (χ3v) is 12.5. The van der Waals surface area contributed by atoms with E-state index in [-0.39, 0.29) is 50.4 Å². The summed E-state index contributed by atoms with van der Waals surface area (Å²) in [4.78, 5) is 72.5. The first-order valence-electron chi connectivity index (χ1n) is 17.9. The minimum Gasteiger partial charge on any atom is -0.481 e. The van der Waals surface area contributed by atoms with Gasteiger partial charge in [0.05, 0.1) is 21.5 Å². The average molecular weight is 919 g/mol. The standard InChI is InChI=1S/C18H15ClFNO3.C14H13ClFN3O3S2.C5H12NO4P/c1-3-10(2)24-16-9-15(14(20)8-13(16)19)21-17(22)11-6-4-5-7-12(11)18(21)23;15-8-5-9(16)10(6-11(8)23-7-12(20)21)17-13-18-3-1-2-4-19(18)14(22)24-13;1-11(9,10)3-2-4(6)5(7)8/h1,8-10H,4-7H2,2H3;5-6H,1-4,7H2,(H,20,21);4H,2-3,6H2,1H3,(H,7,8)(H,9,10). The molecule has 0 radical (unpaired) electrons. The predicted octanol–water partition coefficient (Wildman–Crippen LogP) is 6.02. The zero-order valence-electron chi connectivity index (χ0n) is 31.7. The number of fused-ring (bicyclic) bond motifs is 1. The molecule has 59 heavy (non-hydrogen) atoms. The molecule has 3 aromatic rings. The lowest BCUT2D eigenvalue weighted by molar-refractivity contribution is -0.138. The monoisotopic (exact) mass is 917 g/mol. The fourth-order valence-electron chi connectivity index (χ4n) is 5.84. The Hall–Kier alpha value is -4.28. The molecule has 1 aromatic heterocycles. The second kappa shape index (κ2) is 20.8. The van der Waals surface area contributed by atoms with Crippen LogP contribution in [-0.2, 0) is 36.8 Å². The number of hydrogen-bond donors (Lipinski definition) is 4. The number of nitrogens with two attached hydrogens (primary N) is 1. The van der Waals surface area contributed by atoms with Crippen LogP contribution in [0.15, 0.2) is 50.1 Å². The fraction of sp³-hybridized carbons (Fsp3) is 0.405. The van der Waals surface area contributed by atoms with Crippen LogP contribution in [0.25, 0.3) is 0 Å². The minimum absolute atomic E-state index is 0.0233. The van der Waals surface area contributed by atoms with Crippen molar-refractivity contribution in [2.75, 3.05) is 23.5 Å². The highest BCUT2D eigenvalue weighted by atomic mass is 35.5. The van der Waals surface area contributed by atoms with E-state index in [9.17, 15) is 37.3 Å². The first kappa shape index (κ1) is 47.4. The van der Waals surface area contributed by atoms with Gasteiger partial charge in [-0.3, -0.25) is 33.2 Å². The van der Waals surface area contributed by atoms with E-state index in [1.807, 2.05) is 0 Å². The number of carbonyl (C=O) groups is 4. The molecular formula is C37H40Cl2F2N5O10PS2. The topological polar surface area (TPSA) is 224 Å². The quantitative estimate of drug-likeness (QED) is 0.0751. The number of aliphatic carboxylic acids is 2. The molecule has 0 bridgehead atoms. The summed E-state index contributed by atoms with van der Waals surface area (Å²) >= 11 is 13.9. The third-order valence-electron chi connectivity index (χ3n) is 8.80. The zero-order chi connectivity index (χ0) is 43.8. The van der Waals surface area contributed by atoms with Gasteiger partial charge in [0, 0.05) is 48.0 Å². The number of rotatable bonds is 11. The number of carboxylic acids is 2. The van der Waals surface area contributed by atoms with Crippen LogP contribution in [0.1, 0.15) is 51.9 Å². The highest BCUT2D eigenvalue weighted by molar-refractivity contribution is 8.00. The maximum atomic E-state index is 14.4. The average Bonchev–Trinajstić information content (AvgIpc) is 3.63. The largest absolute Gasteiger partial charge is 0.481 e. The lowest BCUT2D eigenvalue weighted by Gasteiger charge is -2.19. The van der Waals surface area contributed by atoms with E-state index in [4.69, 9.17) is 55.2 Å². The summed E-state index contributed by atoms with van der Waals surface area (Å²) < 4.78 is 48.0. The van der Waals surface area contributed by atoms with E-state index < -0.39 is 54.9 Å². The summed E-state index contributed by atoms with van der Waals surface area (Å²) in [6, 6.07) is 3.76. The molecule has 0 spiro atoms. The Morgan fingerprint density at radius 3 is 2.17 bits per heavy atom. The number of nitrogens with zero attached hydrogens (tertiary/aromatic N) is 4. The van der Waals surface area contributed by atoms with Crippen LogP contribution in [0.2, 0.25) is 10.0 Å². The van der Waals surface area contributed by atoms with Crippen molar-refractivity contribution in [3.8, 4) is 18.1 Å². The summed E-state index contributed by atoms with van der Waals surface area (Å²) in [5.74, 6) is -2.13. The maximum Gasteiger partial charge on any atom is 0.325 e. The summed E-state index contributed by atoms with van der Waals surface area (Å²) in [5, 5.41) is 17.2. The molecule has 318 valence electrons. The smallest absolute Gasteiger partial charge is 0.325 e. The second-order valence-electron chi connectivity index (χ2n) is 13.4. The van der Waals surface area contributed by atoms with E-state index in [1.54, 1.807) is 16.3 Å². The van der Waals surface area contributed by atoms with E-state index in [2.05, 4.69) is 10.9 Å². The second-order valence-corrected chi connectivity index (χ2v) is 18.7. The molecule has 2 amide bonds. The molecule has 6 rings (SSSR count). The maximum absolute atomic E-state index is 14.4. The number of imide groups is 1. The molecule has 3 heterocycles. The first-order valence-corrected chi connectivity index (χ1v) is 22.8. The fourth-order valence-corrected chi connectivity index (χ4v) is 8.67. The van der Waals surface area contributed by atoms with Gasteiger partial charge < -0.3 is 25.6 Å². The first-order chi connectivity index (χ1) is 27.7. The molecule has 0 fully saturated rings. The number of hydrogen-bond acceptors (Lipinski definition) is 11. The molecule has 5 N–H and O–H groups in total. The molecule has 2 aliphatic heterocycles. The molecule has 1 aliphatic carbocycles.